The molecule has 1 aliphatic rings. The van der Waals surface area contributed by atoms with Crippen molar-refractivity contribution in [2.24, 2.45) is 0 Å². The molecule has 0 unspecified atom stereocenters. The largest absolute Gasteiger partial charge is 0.490 e. The lowest BCUT2D eigenvalue weighted by Gasteiger charge is -2.08. The maximum absolute atomic E-state index is 11.1. The fourth-order valence-electron chi connectivity index (χ4n) is 2.23. The first-order valence-electron chi connectivity index (χ1n) is 7.06. The first-order chi connectivity index (χ1) is 9.70. The van der Waals surface area contributed by atoms with Gasteiger partial charge >= 0.3 is 0 Å². The molecule has 3 rings (SSSR count). The van der Waals surface area contributed by atoms with Crippen LogP contribution in [-0.4, -0.2) is 11.9 Å². The van der Waals surface area contributed by atoms with E-state index in [0.29, 0.717) is 12.5 Å². The molecule has 0 heterocycles. The second-order valence-electron chi connectivity index (χ2n) is 5.42. The minimum Gasteiger partial charge on any atom is -0.490 e. The fraction of sp³-hybridized carbons (Fsp3) is 0.278. The summed E-state index contributed by atoms with van der Waals surface area (Å²) in [6.07, 6.45) is 3.27. The normalized spacial score (nSPS) is 14.1. The summed E-state index contributed by atoms with van der Waals surface area (Å²) in [4.78, 5) is 11.1. The van der Waals surface area contributed by atoms with Crippen LogP contribution in [0, 0.1) is 0 Å². The van der Waals surface area contributed by atoms with Gasteiger partial charge in [-0.25, -0.2) is 0 Å². The Hall–Kier alpha value is -2.09. The molecule has 0 spiro atoms. The molecule has 0 radical (unpaired) electrons. The van der Waals surface area contributed by atoms with Crippen molar-refractivity contribution < 1.29 is 9.53 Å². The summed E-state index contributed by atoms with van der Waals surface area (Å²) in [6, 6.07) is 16.4. The predicted octanol–water partition coefficient (Wildman–Crippen LogP) is 4.03. The van der Waals surface area contributed by atoms with Crippen molar-refractivity contribution in [1.82, 2.24) is 0 Å². The van der Waals surface area contributed by atoms with Crippen LogP contribution < -0.4 is 4.74 Å². The van der Waals surface area contributed by atoms with E-state index < -0.39 is 0 Å². The summed E-state index contributed by atoms with van der Waals surface area (Å²) in [7, 11) is 0. The number of ether oxygens (including phenoxy) is 1. The topological polar surface area (TPSA) is 26.3 Å². The van der Waals surface area contributed by atoms with Crippen molar-refractivity contribution in [2.45, 2.75) is 32.3 Å². The number of benzene rings is 2. The van der Waals surface area contributed by atoms with Crippen molar-refractivity contribution in [3.8, 4) is 16.9 Å². The van der Waals surface area contributed by atoms with Crippen LogP contribution >= 0.6 is 0 Å². The van der Waals surface area contributed by atoms with Crippen LogP contribution in [0.4, 0.5) is 0 Å². The van der Waals surface area contributed by atoms with Crippen molar-refractivity contribution in [3.05, 3.63) is 54.1 Å². The molecule has 2 aromatic carbocycles. The number of hydrogen-bond acceptors (Lipinski definition) is 2. The zero-order chi connectivity index (χ0) is 13.9. The van der Waals surface area contributed by atoms with E-state index in [1.54, 1.807) is 6.92 Å². The first kappa shape index (κ1) is 12.9. The smallest absolute Gasteiger partial charge is 0.134 e. The lowest BCUT2D eigenvalue weighted by molar-refractivity contribution is -0.116. The van der Waals surface area contributed by atoms with Gasteiger partial charge in [0.25, 0.3) is 0 Å². The van der Waals surface area contributed by atoms with E-state index in [2.05, 4.69) is 24.3 Å². The van der Waals surface area contributed by atoms with Crippen LogP contribution in [0.25, 0.3) is 11.1 Å². The van der Waals surface area contributed by atoms with Gasteiger partial charge in [0.15, 0.2) is 0 Å². The molecule has 2 aromatic rings. The maximum atomic E-state index is 11.1. The lowest BCUT2D eigenvalue weighted by Crippen LogP contribution is -1.96. The minimum atomic E-state index is 0.192. The van der Waals surface area contributed by atoms with E-state index >= 15 is 0 Å². The Morgan fingerprint density at radius 1 is 1.10 bits per heavy atom. The minimum absolute atomic E-state index is 0.192. The van der Waals surface area contributed by atoms with Crippen LogP contribution in [0.5, 0.6) is 5.75 Å². The Morgan fingerprint density at radius 3 is 2.50 bits per heavy atom. The third kappa shape index (κ3) is 3.27. The van der Waals surface area contributed by atoms with Gasteiger partial charge in [-0.2, -0.15) is 0 Å². The zero-order valence-electron chi connectivity index (χ0n) is 11.6. The van der Waals surface area contributed by atoms with Gasteiger partial charge in [0.05, 0.1) is 6.10 Å². The molecule has 1 aliphatic carbocycles. The molecule has 0 aliphatic heterocycles. The van der Waals surface area contributed by atoms with Crippen molar-refractivity contribution in [3.63, 3.8) is 0 Å². The SMILES string of the molecule is CC(=O)Cc1ccc(-c2cccc(OC3CC3)c2)cc1. The van der Waals surface area contributed by atoms with E-state index in [0.717, 1.165) is 22.4 Å². The van der Waals surface area contributed by atoms with Crippen LogP contribution in [-0.2, 0) is 11.2 Å². The molecular formula is C18H18O2. The quantitative estimate of drug-likeness (QED) is 0.816. The van der Waals surface area contributed by atoms with Crippen molar-refractivity contribution >= 4 is 5.78 Å². The number of carbonyl (C=O) groups is 1. The first-order valence-corrected chi connectivity index (χ1v) is 7.06. The Bertz CT molecular complexity index is 610. The number of ketones is 1. The number of Topliss-reactive ketones (excluding diaryl/α,β-unsaturated/α-hetero) is 1. The van der Waals surface area contributed by atoms with Gasteiger partial charge < -0.3 is 4.74 Å². The average Bonchev–Trinajstić information content (AvgIpc) is 3.23. The molecule has 2 nitrogen and oxygen atoms in total. The lowest BCUT2D eigenvalue weighted by atomic mass is 10.0. The van der Waals surface area contributed by atoms with Gasteiger partial charge in [0.2, 0.25) is 0 Å². The predicted molar refractivity (Wildman–Crippen MR) is 79.9 cm³/mol. The van der Waals surface area contributed by atoms with Crippen molar-refractivity contribution in [1.29, 1.82) is 0 Å². The number of carbonyl (C=O) groups excluding carboxylic acids is 1. The molecule has 0 bridgehead atoms. The molecule has 0 amide bonds. The van der Waals surface area contributed by atoms with Gasteiger partial charge in [-0.05, 0) is 48.6 Å². The van der Waals surface area contributed by atoms with Gasteiger partial charge in [-0.3, -0.25) is 4.79 Å². The summed E-state index contributed by atoms with van der Waals surface area (Å²) in [6.45, 7) is 1.62. The highest BCUT2D eigenvalue weighted by molar-refractivity contribution is 5.78. The summed E-state index contributed by atoms with van der Waals surface area (Å²) in [5.41, 5.74) is 3.36. The second kappa shape index (κ2) is 5.49. The molecule has 0 N–H and O–H groups in total. The third-order valence-electron chi connectivity index (χ3n) is 3.40. The fourth-order valence-corrected chi connectivity index (χ4v) is 2.23. The van der Waals surface area contributed by atoms with E-state index in [9.17, 15) is 4.79 Å². The number of hydrogen-bond donors (Lipinski definition) is 0. The summed E-state index contributed by atoms with van der Waals surface area (Å²) in [5.74, 6) is 1.13. The monoisotopic (exact) mass is 266 g/mol. The van der Waals surface area contributed by atoms with E-state index in [1.165, 1.54) is 12.8 Å². The highest BCUT2D eigenvalue weighted by Gasteiger charge is 2.23. The Morgan fingerprint density at radius 2 is 1.85 bits per heavy atom. The zero-order valence-corrected chi connectivity index (χ0v) is 11.6. The maximum Gasteiger partial charge on any atom is 0.134 e. The summed E-state index contributed by atoms with van der Waals surface area (Å²) >= 11 is 0. The van der Waals surface area contributed by atoms with Crippen LogP contribution in [0.15, 0.2) is 48.5 Å². The molecule has 0 aromatic heterocycles. The van der Waals surface area contributed by atoms with E-state index in [1.807, 2.05) is 24.3 Å². The molecule has 2 heteroatoms. The summed E-state index contributed by atoms with van der Waals surface area (Å²) < 4.78 is 5.82. The molecule has 0 saturated heterocycles. The summed E-state index contributed by atoms with van der Waals surface area (Å²) in [5, 5.41) is 0. The molecular weight excluding hydrogens is 248 g/mol. The van der Waals surface area contributed by atoms with Gasteiger partial charge in [0, 0.05) is 6.42 Å². The van der Waals surface area contributed by atoms with E-state index in [4.69, 9.17) is 4.74 Å². The van der Waals surface area contributed by atoms with E-state index in [-0.39, 0.29) is 5.78 Å². The highest BCUT2D eigenvalue weighted by atomic mass is 16.5. The standard InChI is InChI=1S/C18H18O2/c1-13(19)11-14-5-7-15(8-6-14)16-3-2-4-18(12-16)20-17-9-10-17/h2-8,12,17H,9-11H2,1H3. The van der Waals surface area contributed by atoms with Gasteiger partial charge in [-0.1, -0.05) is 36.4 Å². The molecule has 1 saturated carbocycles. The molecule has 0 atom stereocenters. The number of rotatable bonds is 5. The third-order valence-corrected chi connectivity index (χ3v) is 3.40. The second-order valence-corrected chi connectivity index (χ2v) is 5.42. The van der Waals surface area contributed by atoms with Crippen LogP contribution in [0.1, 0.15) is 25.3 Å². The molecule has 102 valence electrons. The average molecular weight is 266 g/mol. The molecule has 1 fully saturated rings. The van der Waals surface area contributed by atoms with Crippen molar-refractivity contribution in [2.75, 3.05) is 0 Å². The van der Waals surface area contributed by atoms with Crippen LogP contribution in [0.2, 0.25) is 0 Å². The Balaban J connectivity index is 1.79. The van der Waals surface area contributed by atoms with Gasteiger partial charge in [-0.15, -0.1) is 0 Å². The Kier molecular flexibility index (Phi) is 3.55. The molecule has 20 heavy (non-hydrogen) atoms. The van der Waals surface area contributed by atoms with Gasteiger partial charge in [0.1, 0.15) is 11.5 Å². The highest BCUT2D eigenvalue weighted by Crippen LogP contribution is 2.29. The Labute approximate surface area is 119 Å². The van der Waals surface area contributed by atoms with Crippen LogP contribution in [0.3, 0.4) is 0 Å².